The van der Waals surface area contributed by atoms with Crippen LogP contribution < -0.4 is 5.32 Å². The average Bonchev–Trinajstić information content (AvgIpc) is 2.34. The second kappa shape index (κ2) is 8.58. The minimum absolute atomic E-state index is 0.0135. The van der Waals surface area contributed by atoms with Gasteiger partial charge in [0.2, 0.25) is 5.91 Å². The second-order valence-corrected chi connectivity index (χ2v) is 5.91. The van der Waals surface area contributed by atoms with E-state index in [9.17, 15) is 18.0 Å². The van der Waals surface area contributed by atoms with Crippen LogP contribution in [0.5, 0.6) is 0 Å². The molecular weight excluding hydrogens is 285 g/mol. The first-order valence-electron chi connectivity index (χ1n) is 7.40. The summed E-state index contributed by atoms with van der Waals surface area (Å²) >= 11 is 0. The van der Waals surface area contributed by atoms with Gasteiger partial charge in [-0.05, 0) is 25.8 Å². The molecule has 1 fully saturated rings. The number of nitrogens with zero attached hydrogens (tertiary/aromatic N) is 1. The molecular formula is C14H25F3N2O2. The lowest BCUT2D eigenvalue weighted by Crippen LogP contribution is -2.39. The summed E-state index contributed by atoms with van der Waals surface area (Å²) in [5.41, 5.74) is 0. The molecule has 7 heteroatoms. The van der Waals surface area contributed by atoms with Gasteiger partial charge in [0.1, 0.15) is 6.61 Å². The Labute approximate surface area is 124 Å². The van der Waals surface area contributed by atoms with Crippen molar-refractivity contribution in [2.24, 2.45) is 5.92 Å². The Balaban J connectivity index is 2.08. The fourth-order valence-electron chi connectivity index (χ4n) is 2.55. The lowest BCUT2D eigenvalue weighted by Gasteiger charge is -2.26. The SMILES string of the molecule is C[C@H]1CCC[C@H](OCC(=O)NCCN(C)CC(F)(F)F)C1. The minimum atomic E-state index is -4.21. The van der Waals surface area contributed by atoms with Crippen LogP contribution in [0.2, 0.25) is 0 Å². The van der Waals surface area contributed by atoms with E-state index in [1.54, 1.807) is 0 Å². The first-order valence-corrected chi connectivity index (χ1v) is 7.40. The molecule has 1 amide bonds. The summed E-state index contributed by atoms with van der Waals surface area (Å²) in [5.74, 6) is 0.358. The van der Waals surface area contributed by atoms with Gasteiger partial charge in [-0.3, -0.25) is 9.69 Å². The molecule has 1 N–H and O–H groups in total. The average molecular weight is 310 g/mol. The summed E-state index contributed by atoms with van der Waals surface area (Å²) in [7, 11) is 1.37. The first kappa shape index (κ1) is 18.2. The van der Waals surface area contributed by atoms with Crippen LogP contribution in [0.3, 0.4) is 0 Å². The van der Waals surface area contributed by atoms with Crippen molar-refractivity contribution in [3.8, 4) is 0 Å². The minimum Gasteiger partial charge on any atom is -0.368 e. The van der Waals surface area contributed by atoms with Gasteiger partial charge in [0.05, 0.1) is 12.6 Å². The molecule has 4 nitrogen and oxygen atoms in total. The van der Waals surface area contributed by atoms with Crippen LogP contribution in [0, 0.1) is 5.92 Å². The molecule has 0 aromatic heterocycles. The molecule has 0 aliphatic heterocycles. The third-order valence-electron chi connectivity index (χ3n) is 3.60. The monoisotopic (exact) mass is 310 g/mol. The van der Waals surface area contributed by atoms with Gasteiger partial charge in [-0.1, -0.05) is 19.8 Å². The third-order valence-corrected chi connectivity index (χ3v) is 3.60. The molecule has 1 saturated carbocycles. The molecule has 0 bridgehead atoms. The van der Waals surface area contributed by atoms with Gasteiger partial charge >= 0.3 is 6.18 Å². The molecule has 0 spiro atoms. The Bertz CT molecular complexity index is 324. The van der Waals surface area contributed by atoms with E-state index in [4.69, 9.17) is 4.74 Å². The number of ether oxygens (including phenoxy) is 1. The van der Waals surface area contributed by atoms with Crippen molar-refractivity contribution in [1.29, 1.82) is 0 Å². The Morgan fingerprint density at radius 2 is 2.10 bits per heavy atom. The summed E-state index contributed by atoms with van der Waals surface area (Å²) < 4.78 is 41.9. The Morgan fingerprint density at radius 1 is 1.38 bits per heavy atom. The van der Waals surface area contributed by atoms with Crippen LogP contribution in [0.4, 0.5) is 13.2 Å². The normalized spacial score (nSPS) is 23.3. The number of halogens is 3. The Kier molecular flexibility index (Phi) is 7.45. The van der Waals surface area contributed by atoms with Crippen LogP contribution >= 0.6 is 0 Å². The standard InChI is InChI=1S/C14H25F3N2O2/c1-11-4-3-5-12(8-11)21-9-13(20)18-6-7-19(2)10-14(15,16)17/h11-12H,3-10H2,1-2H3,(H,18,20)/t11-,12-/m0/s1. The summed E-state index contributed by atoms with van der Waals surface area (Å²) in [5, 5.41) is 2.58. The van der Waals surface area contributed by atoms with Crippen LogP contribution in [0.25, 0.3) is 0 Å². The topological polar surface area (TPSA) is 41.6 Å². The van der Waals surface area contributed by atoms with Crippen molar-refractivity contribution >= 4 is 5.91 Å². The highest BCUT2D eigenvalue weighted by atomic mass is 19.4. The number of carbonyl (C=O) groups excluding carboxylic acids is 1. The fourth-order valence-corrected chi connectivity index (χ4v) is 2.55. The van der Waals surface area contributed by atoms with E-state index in [1.807, 2.05) is 0 Å². The molecule has 1 aliphatic carbocycles. The van der Waals surface area contributed by atoms with E-state index < -0.39 is 12.7 Å². The third kappa shape index (κ3) is 8.93. The predicted molar refractivity (Wildman–Crippen MR) is 73.9 cm³/mol. The van der Waals surface area contributed by atoms with Gasteiger partial charge in [0.25, 0.3) is 0 Å². The molecule has 1 aliphatic rings. The highest BCUT2D eigenvalue weighted by molar-refractivity contribution is 5.77. The van der Waals surface area contributed by atoms with Crippen molar-refractivity contribution in [2.75, 3.05) is 33.3 Å². The molecule has 0 unspecified atom stereocenters. The highest BCUT2D eigenvalue weighted by Crippen LogP contribution is 2.25. The van der Waals surface area contributed by atoms with E-state index in [2.05, 4.69) is 12.2 Å². The highest BCUT2D eigenvalue weighted by Gasteiger charge is 2.28. The second-order valence-electron chi connectivity index (χ2n) is 5.91. The fraction of sp³-hybridized carbons (Fsp3) is 0.929. The largest absolute Gasteiger partial charge is 0.401 e. The van der Waals surface area contributed by atoms with Crippen LogP contribution in [0.1, 0.15) is 32.6 Å². The molecule has 1 rings (SSSR count). The number of hydrogen-bond acceptors (Lipinski definition) is 3. The van der Waals surface area contributed by atoms with E-state index in [0.717, 1.165) is 24.2 Å². The first-order chi connectivity index (χ1) is 9.76. The Hall–Kier alpha value is -0.820. The van der Waals surface area contributed by atoms with Gasteiger partial charge in [0.15, 0.2) is 0 Å². The lowest BCUT2D eigenvalue weighted by atomic mass is 9.89. The quantitative estimate of drug-likeness (QED) is 0.784. The number of amides is 1. The van der Waals surface area contributed by atoms with Gasteiger partial charge in [-0.25, -0.2) is 0 Å². The summed E-state index contributed by atoms with van der Waals surface area (Å²) in [4.78, 5) is 12.7. The van der Waals surface area contributed by atoms with Gasteiger partial charge < -0.3 is 10.1 Å². The number of carbonyl (C=O) groups is 1. The zero-order chi connectivity index (χ0) is 15.9. The number of rotatable bonds is 7. The molecule has 124 valence electrons. The predicted octanol–water partition coefficient (Wildman–Crippen LogP) is 2.19. The smallest absolute Gasteiger partial charge is 0.368 e. The van der Waals surface area contributed by atoms with Gasteiger partial charge in [-0.15, -0.1) is 0 Å². The summed E-state index contributed by atoms with van der Waals surface area (Å²) in [6.07, 6.45) is 0.202. The lowest BCUT2D eigenvalue weighted by molar-refractivity contribution is -0.142. The zero-order valence-corrected chi connectivity index (χ0v) is 12.7. The molecule has 21 heavy (non-hydrogen) atoms. The maximum Gasteiger partial charge on any atom is 0.401 e. The van der Waals surface area contributed by atoms with Crippen LogP contribution in [-0.4, -0.2) is 56.4 Å². The van der Waals surface area contributed by atoms with Gasteiger partial charge in [-0.2, -0.15) is 13.2 Å². The number of likely N-dealkylation sites (N-methyl/N-ethyl adjacent to an activating group) is 1. The maximum absolute atomic E-state index is 12.1. The van der Waals surface area contributed by atoms with E-state index in [-0.39, 0.29) is 31.7 Å². The molecule has 0 saturated heterocycles. The summed E-state index contributed by atoms with van der Waals surface area (Å²) in [6, 6.07) is 0. The van der Waals surface area contributed by atoms with Crippen molar-refractivity contribution in [3.05, 3.63) is 0 Å². The molecule has 0 radical (unpaired) electrons. The number of nitrogens with one attached hydrogen (secondary N) is 1. The van der Waals surface area contributed by atoms with Crippen LogP contribution in [0.15, 0.2) is 0 Å². The van der Waals surface area contributed by atoms with Crippen molar-refractivity contribution in [3.63, 3.8) is 0 Å². The van der Waals surface area contributed by atoms with E-state index in [1.165, 1.54) is 13.5 Å². The van der Waals surface area contributed by atoms with Crippen LogP contribution in [-0.2, 0) is 9.53 Å². The molecule has 0 aromatic carbocycles. The molecule has 0 heterocycles. The maximum atomic E-state index is 12.1. The summed E-state index contributed by atoms with van der Waals surface area (Å²) in [6.45, 7) is 1.54. The van der Waals surface area contributed by atoms with Crippen molar-refractivity contribution < 1.29 is 22.7 Å². The number of alkyl halides is 3. The van der Waals surface area contributed by atoms with E-state index >= 15 is 0 Å². The molecule has 0 aromatic rings. The van der Waals surface area contributed by atoms with E-state index in [0.29, 0.717) is 5.92 Å². The zero-order valence-electron chi connectivity index (χ0n) is 12.7. The molecule has 2 atom stereocenters. The van der Waals surface area contributed by atoms with Gasteiger partial charge in [0, 0.05) is 13.1 Å². The number of hydrogen-bond donors (Lipinski definition) is 1. The Morgan fingerprint density at radius 3 is 2.71 bits per heavy atom. The van der Waals surface area contributed by atoms with Crippen molar-refractivity contribution in [1.82, 2.24) is 10.2 Å². The van der Waals surface area contributed by atoms with Crippen molar-refractivity contribution in [2.45, 2.75) is 44.9 Å².